The Kier molecular flexibility index (Phi) is 3.14. The van der Waals surface area contributed by atoms with Crippen LogP contribution in [0.4, 0.5) is 0 Å². The highest BCUT2D eigenvalue weighted by Gasteiger charge is 2.16. The number of hydrogen-bond acceptors (Lipinski definition) is 4. The van der Waals surface area contributed by atoms with E-state index in [1.165, 1.54) is 7.11 Å². The normalized spacial score (nSPS) is 10.4. The molecular weight excluding hydrogens is 234 g/mol. The van der Waals surface area contributed by atoms with E-state index in [0.29, 0.717) is 17.2 Å². The summed E-state index contributed by atoms with van der Waals surface area (Å²) in [6.45, 7) is 0. The molecular formula is C13H15NO4. The van der Waals surface area contributed by atoms with E-state index in [9.17, 15) is 4.79 Å². The first-order valence-electron chi connectivity index (χ1n) is 5.42. The summed E-state index contributed by atoms with van der Waals surface area (Å²) in [6, 6.07) is 5.43. The third kappa shape index (κ3) is 1.77. The average molecular weight is 249 g/mol. The van der Waals surface area contributed by atoms with E-state index in [1.54, 1.807) is 31.9 Å². The summed E-state index contributed by atoms with van der Waals surface area (Å²) >= 11 is 0. The highest BCUT2D eigenvalue weighted by atomic mass is 16.5. The minimum atomic E-state index is -0.369. The SMILES string of the molecule is COC(=O)c1cc2cc(OC)c(OC)cc2n1C. The zero-order valence-electron chi connectivity index (χ0n) is 10.8. The maximum atomic E-state index is 11.6. The van der Waals surface area contributed by atoms with E-state index in [4.69, 9.17) is 14.2 Å². The summed E-state index contributed by atoms with van der Waals surface area (Å²) in [5.41, 5.74) is 1.37. The molecule has 5 nitrogen and oxygen atoms in total. The number of hydrogen-bond donors (Lipinski definition) is 0. The molecule has 5 heteroatoms. The number of aromatic nitrogens is 1. The number of carbonyl (C=O) groups is 1. The molecule has 1 aromatic heterocycles. The molecule has 2 rings (SSSR count). The first-order chi connectivity index (χ1) is 8.62. The quantitative estimate of drug-likeness (QED) is 0.780. The van der Waals surface area contributed by atoms with Crippen molar-refractivity contribution in [2.45, 2.75) is 0 Å². The van der Waals surface area contributed by atoms with Crippen LogP contribution in [0.5, 0.6) is 11.5 Å². The van der Waals surface area contributed by atoms with Gasteiger partial charge in [0.2, 0.25) is 0 Å². The lowest BCUT2D eigenvalue weighted by molar-refractivity contribution is 0.0590. The first-order valence-corrected chi connectivity index (χ1v) is 5.42. The number of esters is 1. The Bertz CT molecular complexity index is 601. The zero-order chi connectivity index (χ0) is 13.3. The molecule has 0 spiro atoms. The number of rotatable bonds is 3. The minimum Gasteiger partial charge on any atom is -0.493 e. The van der Waals surface area contributed by atoms with E-state index >= 15 is 0 Å². The maximum absolute atomic E-state index is 11.6. The van der Waals surface area contributed by atoms with E-state index < -0.39 is 0 Å². The molecule has 0 fully saturated rings. The standard InChI is InChI=1S/C13H15NO4/c1-14-9-7-12(17-3)11(16-2)6-8(9)5-10(14)13(15)18-4/h5-7H,1-4H3. The Morgan fingerprint density at radius 1 is 1.06 bits per heavy atom. The van der Waals surface area contributed by atoms with Crippen LogP contribution >= 0.6 is 0 Å². The molecule has 1 heterocycles. The predicted octanol–water partition coefficient (Wildman–Crippen LogP) is 1.98. The lowest BCUT2D eigenvalue weighted by atomic mass is 10.2. The molecule has 0 saturated heterocycles. The largest absolute Gasteiger partial charge is 0.493 e. The van der Waals surface area contributed by atoms with Crippen LogP contribution in [0.25, 0.3) is 10.9 Å². The Hall–Kier alpha value is -2.17. The lowest BCUT2D eigenvalue weighted by Gasteiger charge is -2.08. The number of methoxy groups -OCH3 is 3. The van der Waals surface area contributed by atoms with E-state index in [-0.39, 0.29) is 5.97 Å². The van der Waals surface area contributed by atoms with Crippen LogP contribution in [0.1, 0.15) is 10.5 Å². The Balaban J connectivity index is 2.69. The van der Waals surface area contributed by atoms with Crippen molar-refractivity contribution in [3.8, 4) is 11.5 Å². The van der Waals surface area contributed by atoms with Crippen LogP contribution < -0.4 is 9.47 Å². The van der Waals surface area contributed by atoms with Crippen molar-refractivity contribution < 1.29 is 19.0 Å². The summed E-state index contributed by atoms with van der Waals surface area (Å²) < 4.78 is 17.0. The van der Waals surface area contributed by atoms with E-state index in [0.717, 1.165) is 10.9 Å². The summed E-state index contributed by atoms with van der Waals surface area (Å²) in [5.74, 6) is 0.890. The molecule has 1 aromatic carbocycles. The van der Waals surface area contributed by atoms with Gasteiger partial charge in [-0.3, -0.25) is 0 Å². The third-order valence-corrected chi connectivity index (χ3v) is 2.94. The van der Waals surface area contributed by atoms with Gasteiger partial charge < -0.3 is 18.8 Å². The topological polar surface area (TPSA) is 49.7 Å². The van der Waals surface area contributed by atoms with Gasteiger partial charge in [-0.05, 0) is 12.1 Å². The van der Waals surface area contributed by atoms with Crippen LogP contribution in [0.3, 0.4) is 0 Å². The van der Waals surface area contributed by atoms with Crippen LogP contribution in [0.15, 0.2) is 18.2 Å². The second-order valence-corrected chi connectivity index (χ2v) is 3.85. The van der Waals surface area contributed by atoms with Gasteiger partial charge in [0.25, 0.3) is 0 Å². The van der Waals surface area contributed by atoms with E-state index in [2.05, 4.69) is 0 Å². The smallest absolute Gasteiger partial charge is 0.354 e. The molecule has 2 aromatic rings. The number of carbonyl (C=O) groups excluding carboxylic acids is 1. The van der Waals surface area contributed by atoms with Gasteiger partial charge in [-0.15, -0.1) is 0 Å². The van der Waals surface area contributed by atoms with Gasteiger partial charge in [0.05, 0.1) is 26.8 Å². The number of nitrogens with zero attached hydrogens (tertiary/aromatic N) is 1. The van der Waals surface area contributed by atoms with Gasteiger partial charge in [0.15, 0.2) is 11.5 Å². The fourth-order valence-corrected chi connectivity index (χ4v) is 1.96. The van der Waals surface area contributed by atoms with Crippen LogP contribution in [-0.4, -0.2) is 31.9 Å². The van der Waals surface area contributed by atoms with Crippen molar-refractivity contribution in [1.29, 1.82) is 0 Å². The molecule has 0 radical (unpaired) electrons. The lowest BCUT2D eigenvalue weighted by Crippen LogP contribution is -2.06. The van der Waals surface area contributed by atoms with Gasteiger partial charge in [-0.25, -0.2) is 4.79 Å². The molecule has 0 aliphatic heterocycles. The predicted molar refractivity (Wildman–Crippen MR) is 67.4 cm³/mol. The monoisotopic (exact) mass is 249 g/mol. The number of aryl methyl sites for hydroxylation is 1. The molecule has 0 bridgehead atoms. The highest BCUT2D eigenvalue weighted by molar-refractivity contribution is 5.96. The summed E-state index contributed by atoms with van der Waals surface area (Å²) in [4.78, 5) is 11.6. The second-order valence-electron chi connectivity index (χ2n) is 3.85. The molecule has 0 atom stereocenters. The minimum absolute atomic E-state index is 0.369. The van der Waals surface area contributed by atoms with Gasteiger partial charge in [-0.2, -0.15) is 0 Å². The molecule has 0 unspecified atom stereocenters. The Morgan fingerprint density at radius 2 is 1.67 bits per heavy atom. The van der Waals surface area contributed by atoms with Crippen molar-refractivity contribution in [3.05, 3.63) is 23.9 Å². The molecule has 18 heavy (non-hydrogen) atoms. The molecule has 0 aliphatic rings. The van der Waals surface area contributed by atoms with Crippen molar-refractivity contribution in [3.63, 3.8) is 0 Å². The fourth-order valence-electron chi connectivity index (χ4n) is 1.96. The van der Waals surface area contributed by atoms with Crippen LogP contribution in [-0.2, 0) is 11.8 Å². The molecule has 0 amide bonds. The number of fused-ring (bicyclic) bond motifs is 1. The zero-order valence-corrected chi connectivity index (χ0v) is 10.8. The number of benzene rings is 1. The van der Waals surface area contributed by atoms with Crippen molar-refractivity contribution >= 4 is 16.9 Å². The van der Waals surface area contributed by atoms with Crippen molar-refractivity contribution in [2.24, 2.45) is 7.05 Å². The highest BCUT2D eigenvalue weighted by Crippen LogP contribution is 2.33. The molecule has 96 valence electrons. The summed E-state index contributed by atoms with van der Waals surface area (Å²) in [6.07, 6.45) is 0. The molecule has 0 aliphatic carbocycles. The van der Waals surface area contributed by atoms with Gasteiger partial charge in [0.1, 0.15) is 5.69 Å². The number of ether oxygens (including phenoxy) is 3. The van der Waals surface area contributed by atoms with Gasteiger partial charge in [-0.1, -0.05) is 0 Å². The maximum Gasteiger partial charge on any atom is 0.354 e. The van der Waals surface area contributed by atoms with E-state index in [1.807, 2.05) is 12.1 Å². The fraction of sp³-hybridized carbons (Fsp3) is 0.308. The molecule has 0 N–H and O–H groups in total. The molecule has 0 saturated carbocycles. The van der Waals surface area contributed by atoms with Gasteiger partial charge in [0, 0.05) is 18.5 Å². The Morgan fingerprint density at radius 3 is 2.22 bits per heavy atom. The Labute approximate surface area is 105 Å². The average Bonchev–Trinajstić information content (AvgIpc) is 2.73. The van der Waals surface area contributed by atoms with Gasteiger partial charge >= 0.3 is 5.97 Å². The van der Waals surface area contributed by atoms with Crippen LogP contribution in [0.2, 0.25) is 0 Å². The summed E-state index contributed by atoms with van der Waals surface area (Å²) in [5, 5.41) is 0.899. The second kappa shape index (κ2) is 4.60. The van der Waals surface area contributed by atoms with Crippen molar-refractivity contribution in [2.75, 3.05) is 21.3 Å². The van der Waals surface area contributed by atoms with Crippen molar-refractivity contribution in [1.82, 2.24) is 4.57 Å². The van der Waals surface area contributed by atoms with Crippen LogP contribution in [0, 0.1) is 0 Å². The summed E-state index contributed by atoms with van der Waals surface area (Å²) in [7, 11) is 6.32. The first kappa shape index (κ1) is 12.3. The third-order valence-electron chi connectivity index (χ3n) is 2.94.